The summed E-state index contributed by atoms with van der Waals surface area (Å²) in [7, 11) is 0. The second-order valence-corrected chi connectivity index (χ2v) is 5.89. The van der Waals surface area contributed by atoms with Gasteiger partial charge in [-0.25, -0.2) is 0 Å². The molecule has 0 amide bonds. The van der Waals surface area contributed by atoms with Gasteiger partial charge < -0.3 is 0 Å². The van der Waals surface area contributed by atoms with Gasteiger partial charge >= 0.3 is 0 Å². The SMILES string of the molecule is Cc1n[n+](-c2ccccc2)c(Cc2[c-]cccc2)c2ccccc12. The molecule has 0 atom stereocenters. The maximum Gasteiger partial charge on any atom is 0.238 e. The molecule has 0 unspecified atom stereocenters. The first-order valence-electron chi connectivity index (χ1n) is 8.14. The largest absolute Gasteiger partial charge is 0.238 e. The highest BCUT2D eigenvalue weighted by molar-refractivity contribution is 5.85. The predicted molar refractivity (Wildman–Crippen MR) is 96.1 cm³/mol. The molecule has 0 saturated heterocycles. The predicted octanol–water partition coefficient (Wildman–Crippen LogP) is 4.21. The molecule has 0 aliphatic rings. The average molecular weight is 310 g/mol. The first kappa shape index (κ1) is 14.6. The molecule has 0 bridgehead atoms. The molecule has 0 aliphatic carbocycles. The van der Waals surface area contributed by atoms with Crippen LogP contribution in [0.4, 0.5) is 0 Å². The van der Waals surface area contributed by atoms with E-state index >= 15 is 0 Å². The number of fused-ring (bicyclic) bond motifs is 1. The van der Waals surface area contributed by atoms with Gasteiger partial charge in [0.25, 0.3) is 0 Å². The van der Waals surface area contributed by atoms with Crippen molar-refractivity contribution in [3.05, 3.63) is 102 Å². The molecule has 0 saturated carbocycles. The molecule has 116 valence electrons. The standard InChI is InChI=1S/C22H18N2/c1-17-20-14-8-9-15-21(20)22(16-18-10-4-2-5-11-18)24(23-17)19-12-6-3-7-13-19/h2-10,12-15H,16H2,1H3. The molecule has 3 aromatic carbocycles. The molecule has 0 radical (unpaired) electrons. The van der Waals surface area contributed by atoms with Gasteiger partial charge in [0.05, 0.1) is 5.39 Å². The molecule has 0 N–H and O–H groups in total. The van der Waals surface area contributed by atoms with E-state index in [1.54, 1.807) is 0 Å². The van der Waals surface area contributed by atoms with E-state index in [9.17, 15) is 0 Å². The first-order chi connectivity index (χ1) is 11.8. The van der Waals surface area contributed by atoms with Crippen LogP contribution in [0, 0.1) is 13.0 Å². The number of hydrogen-bond donors (Lipinski definition) is 0. The topological polar surface area (TPSA) is 16.8 Å². The Labute approximate surface area is 142 Å². The van der Waals surface area contributed by atoms with E-state index in [0.29, 0.717) is 0 Å². The van der Waals surface area contributed by atoms with E-state index in [4.69, 9.17) is 5.10 Å². The molecule has 2 nitrogen and oxygen atoms in total. The third-order valence-corrected chi connectivity index (χ3v) is 4.27. The van der Waals surface area contributed by atoms with Crippen molar-refractivity contribution in [3.63, 3.8) is 0 Å². The fourth-order valence-electron chi connectivity index (χ4n) is 3.10. The summed E-state index contributed by atoms with van der Waals surface area (Å²) in [4.78, 5) is 0. The molecule has 4 aromatic rings. The Morgan fingerprint density at radius 3 is 2.29 bits per heavy atom. The number of para-hydroxylation sites is 1. The summed E-state index contributed by atoms with van der Waals surface area (Å²) in [5, 5.41) is 7.32. The third kappa shape index (κ3) is 2.67. The zero-order chi connectivity index (χ0) is 16.4. The lowest BCUT2D eigenvalue weighted by atomic mass is 10.0. The number of hydrogen-bond acceptors (Lipinski definition) is 1. The number of nitrogens with zero attached hydrogens (tertiary/aromatic N) is 2. The van der Waals surface area contributed by atoms with E-state index in [0.717, 1.165) is 23.4 Å². The van der Waals surface area contributed by atoms with Gasteiger partial charge in [-0.1, -0.05) is 36.4 Å². The summed E-state index contributed by atoms with van der Waals surface area (Å²) in [6.07, 6.45) is 0.795. The minimum absolute atomic E-state index is 0.795. The van der Waals surface area contributed by atoms with E-state index in [2.05, 4.69) is 66.2 Å². The first-order valence-corrected chi connectivity index (χ1v) is 8.14. The highest BCUT2D eigenvalue weighted by Gasteiger charge is 2.21. The minimum atomic E-state index is 0.795. The minimum Gasteiger partial charge on any atom is -0.180 e. The molecule has 0 aliphatic heterocycles. The van der Waals surface area contributed by atoms with Gasteiger partial charge in [-0.3, -0.25) is 0 Å². The van der Waals surface area contributed by atoms with Crippen molar-refractivity contribution in [2.24, 2.45) is 0 Å². The molecule has 0 spiro atoms. The van der Waals surface area contributed by atoms with Crippen molar-refractivity contribution < 1.29 is 4.68 Å². The molecular weight excluding hydrogens is 292 g/mol. The zero-order valence-electron chi connectivity index (χ0n) is 13.6. The molecule has 0 fully saturated rings. The van der Waals surface area contributed by atoms with Gasteiger partial charge in [-0.2, -0.15) is 35.9 Å². The van der Waals surface area contributed by atoms with Crippen LogP contribution in [0.5, 0.6) is 0 Å². The zero-order valence-corrected chi connectivity index (χ0v) is 13.6. The Morgan fingerprint density at radius 2 is 1.54 bits per heavy atom. The number of benzene rings is 3. The van der Waals surface area contributed by atoms with E-state index < -0.39 is 0 Å². The summed E-state index contributed by atoms with van der Waals surface area (Å²) in [6, 6.07) is 30.3. The van der Waals surface area contributed by atoms with Gasteiger partial charge in [-0.05, 0) is 17.7 Å². The monoisotopic (exact) mass is 310 g/mol. The van der Waals surface area contributed by atoms with E-state index in [1.165, 1.54) is 16.5 Å². The summed E-state index contributed by atoms with van der Waals surface area (Å²) in [6.45, 7) is 2.07. The summed E-state index contributed by atoms with van der Waals surface area (Å²) in [5.41, 5.74) is 4.47. The second kappa shape index (κ2) is 6.25. The summed E-state index contributed by atoms with van der Waals surface area (Å²) < 4.78 is 2.07. The number of aryl methyl sites for hydroxylation is 1. The van der Waals surface area contributed by atoms with Crippen LogP contribution in [0.3, 0.4) is 0 Å². The van der Waals surface area contributed by atoms with Crippen molar-refractivity contribution in [1.29, 1.82) is 0 Å². The lowest BCUT2D eigenvalue weighted by Crippen LogP contribution is -2.41. The smallest absolute Gasteiger partial charge is 0.180 e. The summed E-state index contributed by atoms with van der Waals surface area (Å²) >= 11 is 0. The van der Waals surface area contributed by atoms with Crippen LogP contribution in [0.2, 0.25) is 0 Å². The van der Waals surface area contributed by atoms with Gasteiger partial charge in [-0.15, -0.1) is 0 Å². The maximum atomic E-state index is 4.87. The molecular formula is C22H18N2. The Kier molecular flexibility index (Phi) is 3.80. The molecule has 1 aromatic heterocycles. The van der Waals surface area contributed by atoms with Crippen molar-refractivity contribution in [2.45, 2.75) is 13.3 Å². The van der Waals surface area contributed by atoms with Crippen LogP contribution < -0.4 is 4.68 Å². The number of aromatic nitrogens is 2. The van der Waals surface area contributed by atoms with Crippen molar-refractivity contribution in [1.82, 2.24) is 5.10 Å². The van der Waals surface area contributed by atoms with Crippen LogP contribution >= 0.6 is 0 Å². The summed E-state index contributed by atoms with van der Waals surface area (Å²) in [5.74, 6) is 0. The van der Waals surface area contributed by atoms with E-state index in [-0.39, 0.29) is 0 Å². The van der Waals surface area contributed by atoms with Crippen LogP contribution in [-0.4, -0.2) is 5.10 Å². The Bertz CT molecular complexity index is 977. The average Bonchev–Trinajstić information content (AvgIpc) is 2.65. The van der Waals surface area contributed by atoms with Crippen molar-refractivity contribution in [3.8, 4) is 5.69 Å². The van der Waals surface area contributed by atoms with Gasteiger partial charge in [0.2, 0.25) is 11.4 Å². The van der Waals surface area contributed by atoms with Crippen LogP contribution in [0.15, 0.2) is 78.9 Å². The maximum absolute atomic E-state index is 4.87. The molecule has 1 heterocycles. The normalized spacial score (nSPS) is 10.9. The van der Waals surface area contributed by atoms with Crippen LogP contribution in [-0.2, 0) is 6.42 Å². The van der Waals surface area contributed by atoms with Crippen LogP contribution in [0.25, 0.3) is 16.5 Å². The fourth-order valence-corrected chi connectivity index (χ4v) is 3.10. The highest BCUT2D eigenvalue weighted by atomic mass is 15.3. The quantitative estimate of drug-likeness (QED) is 0.409. The fraction of sp³-hybridized carbons (Fsp3) is 0.0909. The second-order valence-electron chi connectivity index (χ2n) is 5.89. The van der Waals surface area contributed by atoms with Crippen molar-refractivity contribution in [2.75, 3.05) is 0 Å². The number of rotatable bonds is 3. The van der Waals surface area contributed by atoms with Gasteiger partial charge in [0, 0.05) is 29.0 Å². The Hall–Kier alpha value is -3.00. The lowest BCUT2D eigenvalue weighted by molar-refractivity contribution is -0.666. The molecule has 2 heteroatoms. The van der Waals surface area contributed by atoms with Crippen molar-refractivity contribution >= 4 is 10.8 Å². The Morgan fingerprint density at radius 1 is 0.833 bits per heavy atom. The molecule has 24 heavy (non-hydrogen) atoms. The Balaban J connectivity index is 1.99. The van der Waals surface area contributed by atoms with E-state index in [1.807, 2.05) is 30.3 Å². The highest BCUT2D eigenvalue weighted by Crippen LogP contribution is 2.21. The van der Waals surface area contributed by atoms with Crippen LogP contribution in [0.1, 0.15) is 17.0 Å². The lowest BCUT2D eigenvalue weighted by Gasteiger charge is -2.10. The van der Waals surface area contributed by atoms with Gasteiger partial charge in [0.1, 0.15) is 5.69 Å². The molecule has 4 rings (SSSR count). The van der Waals surface area contributed by atoms with Gasteiger partial charge in [0.15, 0.2) is 0 Å². The third-order valence-electron chi connectivity index (χ3n) is 4.27.